The van der Waals surface area contributed by atoms with E-state index in [1.54, 1.807) is 11.3 Å². The fourth-order valence-corrected chi connectivity index (χ4v) is 4.32. The van der Waals surface area contributed by atoms with E-state index in [2.05, 4.69) is 13.8 Å². The maximum atomic E-state index is 12.2. The van der Waals surface area contributed by atoms with Gasteiger partial charge in [-0.15, -0.1) is 11.3 Å². The molecule has 1 aromatic carbocycles. The fourth-order valence-electron chi connectivity index (χ4n) is 3.04. The molecule has 1 aromatic heterocycles. The molecule has 0 radical (unpaired) electrons. The number of thiazole rings is 1. The summed E-state index contributed by atoms with van der Waals surface area (Å²) < 4.78 is 1.19. The lowest BCUT2D eigenvalue weighted by Crippen LogP contribution is -2.37. The van der Waals surface area contributed by atoms with Crippen molar-refractivity contribution in [3.8, 4) is 0 Å². The first-order chi connectivity index (χ1) is 11.0. The largest absolute Gasteiger partial charge is 0.343 e. The van der Waals surface area contributed by atoms with Crippen LogP contribution in [0, 0.1) is 5.92 Å². The van der Waals surface area contributed by atoms with Crippen molar-refractivity contribution in [1.82, 2.24) is 9.88 Å². The minimum Gasteiger partial charge on any atom is -0.343 e. The smallest absolute Gasteiger partial charge is 0.222 e. The lowest BCUT2D eigenvalue weighted by Gasteiger charge is -2.31. The normalized spacial score (nSPS) is 16.4. The highest BCUT2D eigenvalue weighted by atomic mass is 35.5. The van der Waals surface area contributed by atoms with Crippen molar-refractivity contribution in [2.45, 2.75) is 45.4 Å². The summed E-state index contributed by atoms with van der Waals surface area (Å²) in [5.41, 5.74) is 0.993. The zero-order valence-corrected chi connectivity index (χ0v) is 15.3. The summed E-state index contributed by atoms with van der Waals surface area (Å²) in [6.45, 7) is 6.05. The van der Waals surface area contributed by atoms with E-state index in [9.17, 15) is 4.79 Å². The van der Waals surface area contributed by atoms with Gasteiger partial charge in [-0.3, -0.25) is 4.79 Å². The molecule has 0 spiro atoms. The summed E-state index contributed by atoms with van der Waals surface area (Å²) in [6, 6.07) is 5.90. The van der Waals surface area contributed by atoms with Gasteiger partial charge in [0.05, 0.1) is 15.2 Å². The molecule has 1 fully saturated rings. The molecule has 0 aliphatic carbocycles. The van der Waals surface area contributed by atoms with Crippen LogP contribution in [0.1, 0.15) is 50.5 Å². The number of amides is 1. The van der Waals surface area contributed by atoms with Gasteiger partial charge in [-0.05, 0) is 43.4 Å². The lowest BCUT2D eigenvalue weighted by molar-refractivity contribution is -0.132. The number of nitrogens with zero attached hydrogens (tertiary/aromatic N) is 2. The maximum absolute atomic E-state index is 12.2. The van der Waals surface area contributed by atoms with Crippen molar-refractivity contribution >= 4 is 39.1 Å². The van der Waals surface area contributed by atoms with Crippen LogP contribution >= 0.6 is 22.9 Å². The van der Waals surface area contributed by atoms with E-state index in [1.165, 1.54) is 9.71 Å². The third kappa shape index (κ3) is 4.04. The molecule has 23 heavy (non-hydrogen) atoms. The van der Waals surface area contributed by atoms with E-state index >= 15 is 0 Å². The molecule has 3 rings (SSSR count). The van der Waals surface area contributed by atoms with Gasteiger partial charge in [0, 0.05) is 30.5 Å². The highest BCUT2D eigenvalue weighted by Crippen LogP contribution is 2.34. The third-order valence-corrected chi connectivity index (χ3v) is 5.93. The van der Waals surface area contributed by atoms with Crippen molar-refractivity contribution in [2.24, 2.45) is 5.92 Å². The van der Waals surface area contributed by atoms with Crippen LogP contribution in [0.4, 0.5) is 0 Å². The van der Waals surface area contributed by atoms with Crippen molar-refractivity contribution in [1.29, 1.82) is 0 Å². The Kier molecular flexibility index (Phi) is 5.22. The van der Waals surface area contributed by atoms with E-state index in [-0.39, 0.29) is 0 Å². The van der Waals surface area contributed by atoms with E-state index in [1.807, 2.05) is 23.1 Å². The summed E-state index contributed by atoms with van der Waals surface area (Å²) >= 11 is 7.80. The van der Waals surface area contributed by atoms with Gasteiger partial charge in [-0.25, -0.2) is 4.98 Å². The standard InChI is InChI=1S/C18H23ClN2OS/c1-12(2)3-6-17(22)21-9-7-13(8-10-21)18-20-15-11-14(19)4-5-16(15)23-18/h4-5,11-13H,3,6-10H2,1-2H3. The summed E-state index contributed by atoms with van der Waals surface area (Å²) in [5, 5.41) is 1.93. The summed E-state index contributed by atoms with van der Waals surface area (Å²) in [7, 11) is 0. The number of hydrogen-bond acceptors (Lipinski definition) is 3. The van der Waals surface area contributed by atoms with Gasteiger partial charge in [0.15, 0.2) is 0 Å². The second kappa shape index (κ2) is 7.18. The summed E-state index contributed by atoms with van der Waals surface area (Å²) in [5.74, 6) is 1.37. The Morgan fingerprint density at radius 2 is 2.13 bits per heavy atom. The zero-order chi connectivity index (χ0) is 16.4. The molecule has 3 nitrogen and oxygen atoms in total. The van der Waals surface area contributed by atoms with Crippen LogP contribution in [0.5, 0.6) is 0 Å². The first-order valence-electron chi connectivity index (χ1n) is 8.36. The number of carbonyl (C=O) groups is 1. The predicted molar refractivity (Wildman–Crippen MR) is 97.3 cm³/mol. The van der Waals surface area contributed by atoms with Gasteiger partial charge in [0.25, 0.3) is 0 Å². The Bertz CT molecular complexity index is 689. The number of rotatable bonds is 4. The lowest BCUT2D eigenvalue weighted by atomic mass is 9.97. The number of fused-ring (bicyclic) bond motifs is 1. The van der Waals surface area contributed by atoms with Crippen LogP contribution in [0.3, 0.4) is 0 Å². The minimum atomic E-state index is 0.313. The van der Waals surface area contributed by atoms with Crippen LogP contribution in [0.25, 0.3) is 10.2 Å². The Labute approximate surface area is 146 Å². The van der Waals surface area contributed by atoms with Crippen molar-refractivity contribution < 1.29 is 4.79 Å². The van der Waals surface area contributed by atoms with Gasteiger partial charge >= 0.3 is 0 Å². The molecule has 1 aliphatic heterocycles. The highest BCUT2D eigenvalue weighted by Gasteiger charge is 2.25. The van der Waals surface area contributed by atoms with E-state index in [4.69, 9.17) is 16.6 Å². The van der Waals surface area contributed by atoms with E-state index < -0.39 is 0 Å². The Morgan fingerprint density at radius 1 is 1.39 bits per heavy atom. The number of hydrogen-bond donors (Lipinski definition) is 0. The zero-order valence-electron chi connectivity index (χ0n) is 13.7. The molecule has 2 aromatic rings. The Morgan fingerprint density at radius 3 is 2.83 bits per heavy atom. The van der Waals surface area contributed by atoms with E-state index in [0.717, 1.165) is 42.9 Å². The first-order valence-corrected chi connectivity index (χ1v) is 9.56. The first kappa shape index (κ1) is 16.7. The van der Waals surface area contributed by atoms with Gasteiger partial charge in [-0.1, -0.05) is 25.4 Å². The molecular formula is C18H23ClN2OS. The topological polar surface area (TPSA) is 33.2 Å². The SMILES string of the molecule is CC(C)CCC(=O)N1CCC(c2nc3cc(Cl)ccc3s2)CC1. The predicted octanol–water partition coefficient (Wildman–Crippen LogP) is 5.09. The number of aromatic nitrogens is 1. The Balaban J connectivity index is 1.60. The monoisotopic (exact) mass is 350 g/mol. The van der Waals surface area contributed by atoms with Crippen LogP contribution in [0.2, 0.25) is 5.02 Å². The number of piperidine rings is 1. The molecule has 0 unspecified atom stereocenters. The molecule has 5 heteroatoms. The summed E-state index contributed by atoms with van der Waals surface area (Å²) in [4.78, 5) is 19.0. The number of halogens is 1. The maximum Gasteiger partial charge on any atom is 0.222 e. The number of carbonyl (C=O) groups excluding carboxylic acids is 1. The molecule has 0 atom stereocenters. The number of benzene rings is 1. The van der Waals surface area contributed by atoms with Crippen molar-refractivity contribution in [3.63, 3.8) is 0 Å². The molecule has 2 heterocycles. The average molecular weight is 351 g/mol. The van der Waals surface area contributed by atoms with Gasteiger partial charge in [0.1, 0.15) is 0 Å². The van der Waals surface area contributed by atoms with Gasteiger partial charge < -0.3 is 4.90 Å². The summed E-state index contributed by atoms with van der Waals surface area (Å²) in [6.07, 6.45) is 3.70. The second-order valence-corrected chi connectivity index (χ2v) is 8.25. The minimum absolute atomic E-state index is 0.313. The van der Waals surface area contributed by atoms with Crippen molar-refractivity contribution in [3.05, 3.63) is 28.2 Å². The molecule has 1 aliphatic rings. The molecule has 1 amide bonds. The molecular weight excluding hydrogens is 328 g/mol. The van der Waals surface area contributed by atoms with Crippen molar-refractivity contribution in [2.75, 3.05) is 13.1 Å². The Hall–Kier alpha value is -1.13. The molecule has 124 valence electrons. The molecule has 1 saturated heterocycles. The van der Waals surface area contributed by atoms with Crippen LogP contribution in [0.15, 0.2) is 18.2 Å². The van der Waals surface area contributed by atoms with Crippen LogP contribution in [-0.2, 0) is 4.79 Å². The van der Waals surface area contributed by atoms with Crippen LogP contribution < -0.4 is 0 Å². The second-order valence-electron chi connectivity index (χ2n) is 6.75. The van der Waals surface area contributed by atoms with Gasteiger partial charge in [0.2, 0.25) is 5.91 Å². The quantitative estimate of drug-likeness (QED) is 0.769. The molecule has 0 bridgehead atoms. The van der Waals surface area contributed by atoms with Crippen LogP contribution in [-0.4, -0.2) is 28.9 Å². The number of likely N-dealkylation sites (tertiary alicyclic amines) is 1. The third-order valence-electron chi connectivity index (χ3n) is 4.50. The highest BCUT2D eigenvalue weighted by molar-refractivity contribution is 7.18. The van der Waals surface area contributed by atoms with Gasteiger partial charge in [-0.2, -0.15) is 0 Å². The van der Waals surface area contributed by atoms with E-state index in [0.29, 0.717) is 24.2 Å². The fraction of sp³-hybridized carbons (Fsp3) is 0.556. The molecule has 0 saturated carbocycles. The average Bonchev–Trinajstić information content (AvgIpc) is 2.95. The molecule has 0 N–H and O–H groups in total.